The number of fused-ring (bicyclic) bond motifs is 1. The summed E-state index contributed by atoms with van der Waals surface area (Å²) in [5.41, 5.74) is 0.637. The molecular weight excluding hydrogens is 379 g/mol. The van der Waals surface area contributed by atoms with Crippen molar-refractivity contribution in [2.45, 2.75) is 24.3 Å². The fourth-order valence-electron chi connectivity index (χ4n) is 4.51. The summed E-state index contributed by atoms with van der Waals surface area (Å²) in [4.78, 5) is 14.2. The van der Waals surface area contributed by atoms with Crippen molar-refractivity contribution in [2.75, 3.05) is 19.6 Å². The minimum absolute atomic E-state index is 0.0438. The van der Waals surface area contributed by atoms with Gasteiger partial charge in [0.2, 0.25) is 15.9 Å². The van der Waals surface area contributed by atoms with E-state index in [0.717, 1.165) is 0 Å². The summed E-state index contributed by atoms with van der Waals surface area (Å²) < 4.78 is 42.2. The van der Waals surface area contributed by atoms with Crippen LogP contribution < -0.4 is 0 Å². The number of halogens is 1. The second kappa shape index (κ2) is 7.29. The molecule has 2 aromatic rings. The van der Waals surface area contributed by atoms with Crippen molar-refractivity contribution < 1.29 is 17.6 Å². The van der Waals surface area contributed by atoms with Crippen LogP contribution in [-0.4, -0.2) is 43.2 Å². The molecule has 2 aromatic carbocycles. The van der Waals surface area contributed by atoms with Crippen LogP contribution in [0.25, 0.3) is 0 Å². The minimum Gasteiger partial charge on any atom is -0.342 e. The van der Waals surface area contributed by atoms with E-state index in [2.05, 4.69) is 0 Å². The Bertz CT molecular complexity index is 980. The monoisotopic (exact) mass is 402 g/mol. The maximum Gasteiger partial charge on any atom is 0.243 e. The van der Waals surface area contributed by atoms with Crippen molar-refractivity contribution in [1.82, 2.24) is 9.21 Å². The highest BCUT2D eigenvalue weighted by Gasteiger charge is 2.52. The van der Waals surface area contributed by atoms with E-state index in [1.54, 1.807) is 42.5 Å². The molecule has 5 nitrogen and oxygen atoms in total. The molecule has 0 aliphatic carbocycles. The lowest BCUT2D eigenvalue weighted by atomic mass is 9.90. The maximum atomic E-state index is 13.9. The molecular formula is C21H23FN2O3S. The molecule has 2 aliphatic rings. The molecule has 0 radical (unpaired) electrons. The van der Waals surface area contributed by atoms with Gasteiger partial charge in [-0.15, -0.1) is 0 Å². The van der Waals surface area contributed by atoms with Crippen molar-refractivity contribution in [3.05, 3.63) is 66.0 Å². The molecule has 0 N–H and O–H groups in total. The molecule has 0 spiro atoms. The molecule has 3 atom stereocenters. The molecule has 0 unspecified atom stereocenters. The number of sulfonamides is 1. The number of likely N-dealkylation sites (tertiary alicyclic amines) is 1. The number of nitrogens with zero attached hydrogens (tertiary/aromatic N) is 2. The second-order valence-electron chi connectivity index (χ2n) is 7.46. The quantitative estimate of drug-likeness (QED) is 0.790. The first-order chi connectivity index (χ1) is 13.4. The maximum absolute atomic E-state index is 13.9. The van der Waals surface area contributed by atoms with Crippen LogP contribution >= 0.6 is 0 Å². The fourth-order valence-corrected chi connectivity index (χ4v) is 6.25. The number of carbonyl (C=O) groups is 1. The topological polar surface area (TPSA) is 57.7 Å². The van der Waals surface area contributed by atoms with Gasteiger partial charge in [-0.25, -0.2) is 12.8 Å². The van der Waals surface area contributed by atoms with E-state index in [0.29, 0.717) is 31.6 Å². The average molecular weight is 402 g/mol. The van der Waals surface area contributed by atoms with Gasteiger partial charge >= 0.3 is 0 Å². The molecule has 1 amide bonds. The Morgan fingerprint density at radius 2 is 1.82 bits per heavy atom. The molecule has 2 saturated heterocycles. The average Bonchev–Trinajstić information content (AvgIpc) is 3.26. The van der Waals surface area contributed by atoms with Crippen molar-refractivity contribution in [1.29, 1.82) is 0 Å². The van der Waals surface area contributed by atoms with Gasteiger partial charge in [-0.1, -0.05) is 37.3 Å². The third-order valence-corrected chi connectivity index (χ3v) is 7.68. The van der Waals surface area contributed by atoms with Crippen LogP contribution in [0.15, 0.2) is 59.5 Å². The minimum atomic E-state index is -3.73. The zero-order chi connectivity index (χ0) is 19.9. The summed E-state index contributed by atoms with van der Waals surface area (Å²) in [6.45, 7) is 3.20. The molecule has 0 bridgehead atoms. The first kappa shape index (κ1) is 19.1. The summed E-state index contributed by atoms with van der Waals surface area (Å²) in [7, 11) is -3.73. The van der Waals surface area contributed by atoms with E-state index < -0.39 is 21.9 Å². The zero-order valence-corrected chi connectivity index (χ0v) is 16.5. The Hall–Kier alpha value is -2.25. The SMILES string of the molecule is CCC(=O)N1C[C@H]2CN(S(=O)(=O)c3ccccc3)[C@@H](c3cccc(F)c3)[C@H]2C1. The molecule has 2 aliphatic heterocycles. The predicted molar refractivity (Wildman–Crippen MR) is 103 cm³/mol. The first-order valence-corrected chi connectivity index (χ1v) is 11.0. The zero-order valence-electron chi connectivity index (χ0n) is 15.7. The summed E-state index contributed by atoms with van der Waals surface area (Å²) >= 11 is 0. The van der Waals surface area contributed by atoms with Crippen LogP contribution in [0.5, 0.6) is 0 Å². The fraction of sp³-hybridized carbons (Fsp3) is 0.381. The van der Waals surface area contributed by atoms with Crippen LogP contribution in [0, 0.1) is 17.7 Å². The summed E-state index contributed by atoms with van der Waals surface area (Å²) in [6, 6.07) is 14.0. The molecule has 4 rings (SSSR count). The Morgan fingerprint density at radius 3 is 2.50 bits per heavy atom. The van der Waals surface area contributed by atoms with Gasteiger partial charge in [-0.3, -0.25) is 4.79 Å². The van der Waals surface area contributed by atoms with Gasteiger partial charge in [-0.05, 0) is 35.7 Å². The lowest BCUT2D eigenvalue weighted by Crippen LogP contribution is -2.37. The van der Waals surface area contributed by atoms with Crippen molar-refractivity contribution in [3.8, 4) is 0 Å². The van der Waals surface area contributed by atoms with Crippen LogP contribution in [0.4, 0.5) is 4.39 Å². The Balaban J connectivity index is 1.74. The van der Waals surface area contributed by atoms with E-state index in [1.807, 2.05) is 11.8 Å². The number of rotatable bonds is 4. The van der Waals surface area contributed by atoms with E-state index in [9.17, 15) is 17.6 Å². The molecule has 2 heterocycles. The molecule has 2 fully saturated rings. The lowest BCUT2D eigenvalue weighted by molar-refractivity contribution is -0.130. The summed E-state index contributed by atoms with van der Waals surface area (Å²) in [5.74, 6) is -0.319. The van der Waals surface area contributed by atoms with Crippen molar-refractivity contribution in [3.63, 3.8) is 0 Å². The smallest absolute Gasteiger partial charge is 0.243 e. The highest BCUT2D eigenvalue weighted by atomic mass is 32.2. The van der Waals surface area contributed by atoms with E-state index in [1.165, 1.54) is 16.4 Å². The van der Waals surface area contributed by atoms with Gasteiger partial charge in [0.25, 0.3) is 0 Å². The summed E-state index contributed by atoms with van der Waals surface area (Å²) in [5, 5.41) is 0. The third kappa shape index (κ3) is 3.22. The van der Waals surface area contributed by atoms with Gasteiger partial charge in [0.15, 0.2) is 0 Å². The normalized spacial score (nSPS) is 25.1. The second-order valence-corrected chi connectivity index (χ2v) is 9.35. The highest BCUT2D eigenvalue weighted by molar-refractivity contribution is 7.89. The molecule has 148 valence electrons. The third-order valence-electron chi connectivity index (χ3n) is 5.82. The molecule has 7 heteroatoms. The van der Waals surface area contributed by atoms with Crippen molar-refractivity contribution >= 4 is 15.9 Å². The lowest BCUT2D eigenvalue weighted by Gasteiger charge is -2.29. The number of amides is 1. The highest BCUT2D eigenvalue weighted by Crippen LogP contribution is 2.47. The Labute approximate surface area is 164 Å². The van der Waals surface area contributed by atoms with Gasteiger partial charge in [0.05, 0.1) is 10.9 Å². The number of hydrogen-bond acceptors (Lipinski definition) is 3. The summed E-state index contributed by atoms with van der Waals surface area (Å²) in [6.07, 6.45) is 0.427. The van der Waals surface area contributed by atoms with Crippen LogP contribution in [0.3, 0.4) is 0 Å². The predicted octanol–water partition coefficient (Wildman–Crippen LogP) is 3.06. The van der Waals surface area contributed by atoms with E-state index in [-0.39, 0.29) is 22.6 Å². The van der Waals surface area contributed by atoms with Crippen LogP contribution in [-0.2, 0) is 14.8 Å². The van der Waals surface area contributed by atoms with Gasteiger partial charge in [0.1, 0.15) is 5.82 Å². The first-order valence-electron chi connectivity index (χ1n) is 9.52. The molecule has 0 saturated carbocycles. The van der Waals surface area contributed by atoms with Gasteiger partial charge < -0.3 is 4.90 Å². The van der Waals surface area contributed by atoms with Gasteiger partial charge in [-0.2, -0.15) is 4.31 Å². The number of hydrogen-bond donors (Lipinski definition) is 0. The van der Waals surface area contributed by atoms with Gasteiger partial charge in [0, 0.05) is 32.0 Å². The van der Waals surface area contributed by atoms with E-state index >= 15 is 0 Å². The molecule has 28 heavy (non-hydrogen) atoms. The Kier molecular flexibility index (Phi) is 4.97. The largest absolute Gasteiger partial charge is 0.342 e. The van der Waals surface area contributed by atoms with E-state index in [4.69, 9.17) is 0 Å². The Morgan fingerprint density at radius 1 is 1.07 bits per heavy atom. The molecule has 0 aromatic heterocycles. The van der Waals surface area contributed by atoms with Crippen LogP contribution in [0.2, 0.25) is 0 Å². The van der Waals surface area contributed by atoms with Crippen molar-refractivity contribution in [2.24, 2.45) is 11.8 Å². The van der Waals surface area contributed by atoms with Crippen LogP contribution in [0.1, 0.15) is 24.9 Å². The number of benzene rings is 2. The standard InChI is InChI=1S/C21H23FN2O3S/c1-2-20(25)23-12-16-13-24(28(26,27)18-9-4-3-5-10-18)21(19(16)14-23)15-7-6-8-17(22)11-15/h3-11,16,19,21H,2,12-14H2,1H3/t16-,19-,21-/m0/s1. The number of carbonyl (C=O) groups excluding carboxylic acids is 1.